The van der Waals surface area contributed by atoms with Gasteiger partial charge >= 0.3 is 0 Å². The highest BCUT2D eigenvalue weighted by molar-refractivity contribution is 5.92. The topological polar surface area (TPSA) is 67.3 Å². The number of benzene rings is 2. The molecule has 0 atom stereocenters. The van der Waals surface area contributed by atoms with Crippen LogP contribution in [0.4, 0.5) is 11.6 Å². The smallest absolute Gasteiger partial charge is 0.270 e. The first kappa shape index (κ1) is 17.0. The maximum atomic E-state index is 12.5. The van der Waals surface area contributed by atoms with Gasteiger partial charge in [0.15, 0.2) is 0 Å². The van der Waals surface area contributed by atoms with Crippen molar-refractivity contribution in [3.05, 3.63) is 77.6 Å². The Morgan fingerprint density at radius 3 is 2.78 bits per heavy atom. The molecule has 2 aromatic carbocycles. The summed E-state index contributed by atoms with van der Waals surface area (Å²) in [5.41, 5.74) is 3.73. The Kier molecular flexibility index (Phi) is 4.70. The third-order valence-electron chi connectivity index (χ3n) is 4.62. The second-order valence-electron chi connectivity index (χ2n) is 6.30. The van der Waals surface area contributed by atoms with Gasteiger partial charge in [0, 0.05) is 25.0 Å². The molecule has 0 fully saturated rings. The van der Waals surface area contributed by atoms with E-state index in [4.69, 9.17) is 4.74 Å². The van der Waals surface area contributed by atoms with E-state index in [1.54, 1.807) is 19.4 Å². The molecule has 1 aliphatic rings. The van der Waals surface area contributed by atoms with Gasteiger partial charge in [-0.2, -0.15) is 0 Å². The summed E-state index contributed by atoms with van der Waals surface area (Å²) in [6.07, 6.45) is 2.58. The summed E-state index contributed by atoms with van der Waals surface area (Å²) in [6.45, 7) is 1.24. The average Bonchev–Trinajstić information content (AvgIpc) is 3.16. The lowest BCUT2D eigenvalue weighted by atomic mass is 10.2. The lowest BCUT2D eigenvalue weighted by Gasteiger charge is -2.17. The molecule has 0 aliphatic carbocycles. The molecule has 0 bridgehead atoms. The summed E-state index contributed by atoms with van der Waals surface area (Å²) < 4.78 is 5.14. The van der Waals surface area contributed by atoms with Gasteiger partial charge in [0.25, 0.3) is 5.91 Å². The zero-order valence-corrected chi connectivity index (χ0v) is 15.1. The molecule has 6 heteroatoms. The summed E-state index contributed by atoms with van der Waals surface area (Å²) in [7, 11) is 1.63. The highest BCUT2D eigenvalue weighted by atomic mass is 16.5. The second-order valence-corrected chi connectivity index (χ2v) is 6.30. The van der Waals surface area contributed by atoms with E-state index in [2.05, 4.69) is 32.3 Å². The molecule has 0 saturated carbocycles. The summed E-state index contributed by atoms with van der Waals surface area (Å²) in [6, 6.07) is 17.4. The summed E-state index contributed by atoms with van der Waals surface area (Å²) >= 11 is 0. The minimum absolute atomic E-state index is 0.220. The van der Waals surface area contributed by atoms with E-state index in [9.17, 15) is 4.79 Å². The number of hydrogen-bond donors (Lipinski definition) is 1. The summed E-state index contributed by atoms with van der Waals surface area (Å²) in [4.78, 5) is 23.4. The monoisotopic (exact) mass is 360 g/mol. The number of nitrogens with one attached hydrogen (secondary N) is 1. The van der Waals surface area contributed by atoms with E-state index in [0.29, 0.717) is 18.2 Å². The molecule has 4 rings (SSSR count). The van der Waals surface area contributed by atoms with Gasteiger partial charge in [0.1, 0.15) is 11.4 Å². The molecule has 1 N–H and O–H groups in total. The molecular formula is C21H20N4O2. The van der Waals surface area contributed by atoms with Crippen LogP contribution in [0.2, 0.25) is 0 Å². The Hall–Kier alpha value is -3.41. The van der Waals surface area contributed by atoms with Crippen LogP contribution < -0.4 is 15.0 Å². The molecule has 6 nitrogen and oxygen atoms in total. The van der Waals surface area contributed by atoms with Gasteiger partial charge in [-0.1, -0.05) is 30.3 Å². The number of carbonyl (C=O) groups excluding carboxylic acids is 1. The number of para-hydroxylation sites is 1. The van der Waals surface area contributed by atoms with Crippen molar-refractivity contribution in [3.63, 3.8) is 0 Å². The van der Waals surface area contributed by atoms with Crippen LogP contribution in [-0.2, 0) is 13.0 Å². The first-order chi connectivity index (χ1) is 13.2. The van der Waals surface area contributed by atoms with Gasteiger partial charge in [-0.3, -0.25) is 4.79 Å². The Balaban J connectivity index is 1.46. The van der Waals surface area contributed by atoms with Gasteiger partial charge in [-0.15, -0.1) is 0 Å². The molecular weight excluding hydrogens is 340 g/mol. The second kappa shape index (κ2) is 7.45. The quantitative estimate of drug-likeness (QED) is 0.757. The Labute approximate surface area is 157 Å². The van der Waals surface area contributed by atoms with Gasteiger partial charge in [0.05, 0.1) is 7.11 Å². The molecule has 27 heavy (non-hydrogen) atoms. The SMILES string of the molecule is COc1ccc(CNC(=O)c2ccnc(N3CCc4ccccc43)n2)cc1. The number of hydrogen-bond acceptors (Lipinski definition) is 5. The maximum Gasteiger partial charge on any atom is 0.270 e. The van der Waals surface area contributed by atoms with Crippen molar-refractivity contribution in [1.82, 2.24) is 15.3 Å². The molecule has 1 aliphatic heterocycles. The molecule has 3 aromatic rings. The average molecular weight is 360 g/mol. The Morgan fingerprint density at radius 2 is 1.96 bits per heavy atom. The number of carbonyl (C=O) groups is 1. The van der Waals surface area contributed by atoms with Crippen molar-refractivity contribution in [3.8, 4) is 5.75 Å². The van der Waals surface area contributed by atoms with Crippen LogP contribution in [0.5, 0.6) is 5.75 Å². The Morgan fingerprint density at radius 1 is 1.15 bits per heavy atom. The van der Waals surface area contributed by atoms with Gasteiger partial charge in [-0.25, -0.2) is 9.97 Å². The van der Waals surface area contributed by atoms with Crippen LogP contribution in [0.3, 0.4) is 0 Å². The fourth-order valence-electron chi connectivity index (χ4n) is 3.17. The predicted molar refractivity (Wildman–Crippen MR) is 103 cm³/mol. The molecule has 2 heterocycles. The molecule has 1 amide bonds. The number of anilines is 2. The number of methoxy groups -OCH3 is 1. The van der Waals surface area contributed by atoms with Gasteiger partial charge in [-0.05, 0) is 41.8 Å². The third kappa shape index (κ3) is 3.60. The minimum Gasteiger partial charge on any atom is -0.497 e. The summed E-state index contributed by atoms with van der Waals surface area (Å²) in [5, 5.41) is 2.90. The van der Waals surface area contributed by atoms with Crippen molar-refractivity contribution in [1.29, 1.82) is 0 Å². The molecule has 0 spiro atoms. The van der Waals surface area contributed by atoms with Gasteiger partial charge in [0.2, 0.25) is 5.95 Å². The summed E-state index contributed by atoms with van der Waals surface area (Å²) in [5.74, 6) is 1.12. The normalized spacial score (nSPS) is 12.6. The number of fused-ring (bicyclic) bond motifs is 1. The molecule has 0 saturated heterocycles. The zero-order valence-electron chi connectivity index (χ0n) is 15.1. The van der Waals surface area contributed by atoms with E-state index in [0.717, 1.165) is 30.0 Å². The van der Waals surface area contributed by atoms with Crippen molar-refractivity contribution < 1.29 is 9.53 Å². The van der Waals surface area contributed by atoms with Crippen LogP contribution in [0.15, 0.2) is 60.8 Å². The maximum absolute atomic E-state index is 12.5. The van der Waals surface area contributed by atoms with Crippen LogP contribution in [0.25, 0.3) is 0 Å². The zero-order chi connectivity index (χ0) is 18.6. The number of ether oxygens (including phenoxy) is 1. The van der Waals surface area contributed by atoms with E-state index in [-0.39, 0.29) is 5.91 Å². The van der Waals surface area contributed by atoms with E-state index >= 15 is 0 Å². The van der Waals surface area contributed by atoms with Crippen LogP contribution >= 0.6 is 0 Å². The fourth-order valence-corrected chi connectivity index (χ4v) is 3.17. The van der Waals surface area contributed by atoms with Crippen molar-refractivity contribution in [2.24, 2.45) is 0 Å². The van der Waals surface area contributed by atoms with Crippen LogP contribution in [-0.4, -0.2) is 29.5 Å². The predicted octanol–water partition coefficient (Wildman–Crippen LogP) is 3.11. The van der Waals surface area contributed by atoms with Gasteiger partial charge < -0.3 is 15.0 Å². The van der Waals surface area contributed by atoms with Crippen LogP contribution in [0.1, 0.15) is 21.6 Å². The number of amides is 1. The lowest BCUT2D eigenvalue weighted by Crippen LogP contribution is -2.25. The minimum atomic E-state index is -0.220. The fraction of sp³-hybridized carbons (Fsp3) is 0.190. The Bertz CT molecular complexity index is 956. The third-order valence-corrected chi connectivity index (χ3v) is 4.62. The molecule has 1 aromatic heterocycles. The molecule has 0 radical (unpaired) electrons. The standard InChI is InChI=1S/C21H20N4O2/c1-27-17-8-6-15(7-9-17)14-23-20(26)18-10-12-22-21(24-18)25-13-11-16-4-2-3-5-19(16)25/h2-10,12H,11,13-14H2,1H3,(H,23,26). The number of nitrogens with zero attached hydrogens (tertiary/aromatic N) is 3. The number of aromatic nitrogens is 2. The van der Waals surface area contributed by atoms with E-state index in [1.165, 1.54) is 5.56 Å². The van der Waals surface area contributed by atoms with Crippen molar-refractivity contribution >= 4 is 17.5 Å². The number of rotatable bonds is 5. The van der Waals surface area contributed by atoms with E-state index in [1.807, 2.05) is 36.4 Å². The highest BCUT2D eigenvalue weighted by Crippen LogP contribution is 2.32. The van der Waals surface area contributed by atoms with Crippen LogP contribution in [0, 0.1) is 0 Å². The first-order valence-electron chi connectivity index (χ1n) is 8.84. The first-order valence-corrected chi connectivity index (χ1v) is 8.84. The molecule has 136 valence electrons. The van der Waals surface area contributed by atoms with Crippen molar-refractivity contribution in [2.75, 3.05) is 18.6 Å². The molecule has 0 unspecified atom stereocenters. The van der Waals surface area contributed by atoms with Crippen molar-refractivity contribution in [2.45, 2.75) is 13.0 Å². The van der Waals surface area contributed by atoms with E-state index < -0.39 is 0 Å². The lowest BCUT2D eigenvalue weighted by molar-refractivity contribution is 0.0946. The largest absolute Gasteiger partial charge is 0.497 e. The highest BCUT2D eigenvalue weighted by Gasteiger charge is 2.22.